The van der Waals surface area contributed by atoms with Crippen LogP contribution in [0.15, 0.2) is 48.5 Å². The predicted octanol–water partition coefficient (Wildman–Crippen LogP) is 2.23. The van der Waals surface area contributed by atoms with Gasteiger partial charge in [0, 0.05) is 9.26 Å². The molecule has 0 aliphatic carbocycles. The molecule has 2 aromatic rings. The maximum atomic E-state index is 11.9. The Kier molecular flexibility index (Phi) is 6.86. The molecule has 0 fully saturated rings. The summed E-state index contributed by atoms with van der Waals surface area (Å²) in [7, 11) is 0. The molecule has 0 atom stereocenters. The Morgan fingerprint density at radius 3 is 2.62 bits per heavy atom. The van der Waals surface area contributed by atoms with Gasteiger partial charge in [0.05, 0.1) is 12.1 Å². The van der Waals surface area contributed by atoms with Crippen molar-refractivity contribution in [3.63, 3.8) is 0 Å². The van der Waals surface area contributed by atoms with Gasteiger partial charge in [-0.1, -0.05) is 18.2 Å². The van der Waals surface area contributed by atoms with Crippen LogP contribution >= 0.6 is 22.6 Å². The van der Waals surface area contributed by atoms with E-state index in [-0.39, 0.29) is 12.2 Å². The van der Waals surface area contributed by atoms with Crippen molar-refractivity contribution in [1.82, 2.24) is 5.32 Å². The van der Waals surface area contributed by atoms with E-state index in [4.69, 9.17) is 15.2 Å². The SMILES string of the molecule is Nc1ccc(I)cc1C(=O)OCC(=O)NCCOc1ccccc1. The third-order valence-electron chi connectivity index (χ3n) is 3.01. The number of benzene rings is 2. The number of anilines is 1. The van der Waals surface area contributed by atoms with Crippen molar-refractivity contribution in [3.05, 3.63) is 57.7 Å². The second-order valence-corrected chi connectivity index (χ2v) is 6.06. The summed E-state index contributed by atoms with van der Waals surface area (Å²) in [6.45, 7) is 0.277. The summed E-state index contributed by atoms with van der Waals surface area (Å²) in [5.41, 5.74) is 6.30. The molecule has 1 amide bonds. The van der Waals surface area contributed by atoms with Gasteiger partial charge in [-0.05, 0) is 52.9 Å². The molecule has 126 valence electrons. The normalized spacial score (nSPS) is 10.0. The molecule has 0 spiro atoms. The summed E-state index contributed by atoms with van der Waals surface area (Å²) in [6.07, 6.45) is 0. The minimum absolute atomic E-state index is 0.252. The zero-order valence-electron chi connectivity index (χ0n) is 12.8. The molecule has 0 saturated carbocycles. The summed E-state index contributed by atoms with van der Waals surface area (Å²) in [6, 6.07) is 14.3. The number of nitrogens with one attached hydrogen (secondary N) is 1. The van der Waals surface area contributed by atoms with Gasteiger partial charge in [-0.2, -0.15) is 0 Å². The van der Waals surface area contributed by atoms with Gasteiger partial charge in [0.1, 0.15) is 12.4 Å². The first-order chi connectivity index (χ1) is 11.6. The summed E-state index contributed by atoms with van der Waals surface area (Å²) in [4.78, 5) is 23.6. The molecular weight excluding hydrogens is 423 g/mol. The van der Waals surface area contributed by atoms with E-state index in [2.05, 4.69) is 27.9 Å². The van der Waals surface area contributed by atoms with Crippen LogP contribution in [0, 0.1) is 3.57 Å². The third kappa shape index (κ3) is 5.73. The molecule has 7 heteroatoms. The smallest absolute Gasteiger partial charge is 0.340 e. The largest absolute Gasteiger partial charge is 0.492 e. The lowest BCUT2D eigenvalue weighted by atomic mass is 10.2. The Morgan fingerprint density at radius 2 is 1.88 bits per heavy atom. The number of carbonyl (C=O) groups excluding carboxylic acids is 2. The van der Waals surface area contributed by atoms with Gasteiger partial charge in [-0.3, -0.25) is 4.79 Å². The van der Waals surface area contributed by atoms with E-state index in [0.29, 0.717) is 18.8 Å². The number of nitrogens with two attached hydrogens (primary N) is 1. The lowest BCUT2D eigenvalue weighted by molar-refractivity contribution is -0.124. The number of para-hydroxylation sites is 1. The zero-order chi connectivity index (χ0) is 17.4. The molecule has 0 aromatic heterocycles. The monoisotopic (exact) mass is 440 g/mol. The highest BCUT2D eigenvalue weighted by Crippen LogP contribution is 2.16. The van der Waals surface area contributed by atoms with E-state index in [0.717, 1.165) is 9.32 Å². The van der Waals surface area contributed by atoms with Gasteiger partial charge in [-0.15, -0.1) is 0 Å². The average Bonchev–Trinajstić information content (AvgIpc) is 2.59. The molecule has 0 bridgehead atoms. The van der Waals surface area contributed by atoms with Crippen molar-refractivity contribution in [1.29, 1.82) is 0 Å². The van der Waals surface area contributed by atoms with Crippen LogP contribution in [0.5, 0.6) is 5.75 Å². The van der Waals surface area contributed by atoms with Crippen molar-refractivity contribution in [2.45, 2.75) is 0 Å². The molecule has 2 rings (SSSR count). The number of carbonyl (C=O) groups is 2. The lowest BCUT2D eigenvalue weighted by Gasteiger charge is -2.09. The van der Waals surface area contributed by atoms with Crippen LogP contribution in [0.4, 0.5) is 5.69 Å². The van der Waals surface area contributed by atoms with E-state index in [9.17, 15) is 9.59 Å². The van der Waals surface area contributed by atoms with Crippen LogP contribution in [0.3, 0.4) is 0 Å². The van der Waals surface area contributed by atoms with Crippen molar-refractivity contribution >= 4 is 40.2 Å². The molecule has 24 heavy (non-hydrogen) atoms. The average molecular weight is 440 g/mol. The van der Waals surface area contributed by atoms with Gasteiger partial charge in [0.2, 0.25) is 0 Å². The summed E-state index contributed by atoms with van der Waals surface area (Å²) < 4.78 is 11.3. The standard InChI is InChI=1S/C17H17IN2O4/c18-12-6-7-15(19)14(10-12)17(22)24-11-16(21)20-8-9-23-13-4-2-1-3-5-13/h1-7,10H,8-9,11,19H2,(H,20,21). The second kappa shape index (κ2) is 9.11. The second-order valence-electron chi connectivity index (χ2n) is 4.82. The lowest BCUT2D eigenvalue weighted by Crippen LogP contribution is -2.32. The Hall–Kier alpha value is -2.29. The predicted molar refractivity (Wildman–Crippen MR) is 98.8 cm³/mol. The number of hydrogen-bond donors (Lipinski definition) is 2. The van der Waals surface area contributed by atoms with E-state index in [1.807, 2.05) is 30.3 Å². The van der Waals surface area contributed by atoms with Crippen LogP contribution in [-0.2, 0) is 9.53 Å². The van der Waals surface area contributed by atoms with Gasteiger partial charge in [0.15, 0.2) is 6.61 Å². The number of halogens is 1. The fraction of sp³-hybridized carbons (Fsp3) is 0.176. The quantitative estimate of drug-likeness (QED) is 0.298. The van der Waals surface area contributed by atoms with Crippen LogP contribution in [-0.4, -0.2) is 31.6 Å². The highest BCUT2D eigenvalue weighted by molar-refractivity contribution is 14.1. The molecule has 3 N–H and O–H groups in total. The Morgan fingerprint density at radius 1 is 1.12 bits per heavy atom. The summed E-state index contributed by atoms with van der Waals surface area (Å²) >= 11 is 2.07. The highest BCUT2D eigenvalue weighted by atomic mass is 127. The minimum atomic E-state index is -0.623. The summed E-state index contributed by atoms with van der Waals surface area (Å²) in [5.74, 6) is -0.293. The minimum Gasteiger partial charge on any atom is -0.492 e. The number of hydrogen-bond acceptors (Lipinski definition) is 5. The van der Waals surface area contributed by atoms with E-state index in [1.54, 1.807) is 18.2 Å². The first kappa shape index (κ1) is 18.1. The maximum Gasteiger partial charge on any atom is 0.340 e. The van der Waals surface area contributed by atoms with E-state index < -0.39 is 11.9 Å². The molecule has 0 aliphatic heterocycles. The number of nitrogen functional groups attached to an aromatic ring is 1. The molecule has 0 aliphatic rings. The van der Waals surface area contributed by atoms with Crippen LogP contribution in [0.1, 0.15) is 10.4 Å². The summed E-state index contributed by atoms with van der Waals surface area (Å²) in [5, 5.41) is 2.61. The fourth-order valence-corrected chi connectivity index (χ4v) is 2.33. The topological polar surface area (TPSA) is 90.7 Å². The van der Waals surface area contributed by atoms with Gasteiger partial charge >= 0.3 is 5.97 Å². The van der Waals surface area contributed by atoms with Crippen molar-refractivity contribution in [2.75, 3.05) is 25.5 Å². The molecule has 0 heterocycles. The van der Waals surface area contributed by atoms with E-state index in [1.165, 1.54) is 0 Å². The first-order valence-electron chi connectivity index (χ1n) is 7.23. The highest BCUT2D eigenvalue weighted by Gasteiger charge is 2.13. The third-order valence-corrected chi connectivity index (χ3v) is 3.68. The molecule has 6 nitrogen and oxygen atoms in total. The van der Waals surface area contributed by atoms with Gasteiger partial charge in [0.25, 0.3) is 5.91 Å². The van der Waals surface area contributed by atoms with Crippen LogP contribution in [0.25, 0.3) is 0 Å². The fourth-order valence-electron chi connectivity index (χ4n) is 1.84. The number of esters is 1. The van der Waals surface area contributed by atoms with Crippen molar-refractivity contribution in [2.24, 2.45) is 0 Å². The molecule has 2 aromatic carbocycles. The Labute approximate surface area is 153 Å². The maximum absolute atomic E-state index is 11.9. The Balaban J connectivity index is 1.69. The molecule has 0 saturated heterocycles. The molecule has 0 radical (unpaired) electrons. The van der Waals surface area contributed by atoms with Crippen LogP contribution < -0.4 is 15.8 Å². The van der Waals surface area contributed by atoms with Gasteiger partial charge < -0.3 is 20.5 Å². The first-order valence-corrected chi connectivity index (χ1v) is 8.31. The van der Waals surface area contributed by atoms with E-state index >= 15 is 0 Å². The van der Waals surface area contributed by atoms with Crippen molar-refractivity contribution < 1.29 is 19.1 Å². The molecule has 0 unspecified atom stereocenters. The molecular formula is C17H17IN2O4. The number of rotatable bonds is 7. The van der Waals surface area contributed by atoms with Gasteiger partial charge in [-0.25, -0.2) is 4.79 Å². The van der Waals surface area contributed by atoms with Crippen LogP contribution in [0.2, 0.25) is 0 Å². The Bertz CT molecular complexity index is 707. The van der Waals surface area contributed by atoms with Crippen molar-refractivity contribution in [3.8, 4) is 5.75 Å². The number of amides is 1. The number of ether oxygens (including phenoxy) is 2. The zero-order valence-corrected chi connectivity index (χ0v) is 15.0.